The molecule has 0 radical (unpaired) electrons. The summed E-state index contributed by atoms with van der Waals surface area (Å²) < 4.78 is 32.9. The lowest BCUT2D eigenvalue weighted by molar-refractivity contribution is -0.131. The molecule has 1 amide bonds. The second-order valence-corrected chi connectivity index (χ2v) is 6.95. The molecule has 1 atom stereocenters. The fourth-order valence-electron chi connectivity index (χ4n) is 3.35. The van der Waals surface area contributed by atoms with Crippen molar-refractivity contribution in [1.82, 2.24) is 5.01 Å². The lowest BCUT2D eigenvalue weighted by atomic mass is 10.0. The van der Waals surface area contributed by atoms with Gasteiger partial charge in [-0.05, 0) is 66.6 Å². The number of halogens is 2. The van der Waals surface area contributed by atoms with E-state index in [4.69, 9.17) is 9.73 Å². The lowest BCUT2D eigenvalue weighted by Crippen LogP contribution is -2.41. The fourth-order valence-corrected chi connectivity index (χ4v) is 3.35. The van der Waals surface area contributed by atoms with E-state index in [1.54, 1.807) is 44.4 Å². The number of rotatable bonds is 3. The van der Waals surface area contributed by atoms with Crippen LogP contribution in [0.25, 0.3) is 5.57 Å². The van der Waals surface area contributed by atoms with Crippen molar-refractivity contribution in [3.63, 3.8) is 0 Å². The molecular weight excluding hydrogens is 388 g/mol. The van der Waals surface area contributed by atoms with Gasteiger partial charge in [0.25, 0.3) is 5.91 Å². The van der Waals surface area contributed by atoms with Crippen molar-refractivity contribution in [3.05, 3.63) is 83.5 Å². The van der Waals surface area contributed by atoms with Crippen LogP contribution in [0, 0.1) is 11.6 Å². The number of fused-ring (bicyclic) bond motifs is 1. The molecule has 2 aliphatic rings. The van der Waals surface area contributed by atoms with Crippen molar-refractivity contribution in [1.29, 1.82) is 0 Å². The number of hydrogen-bond donors (Lipinski definition) is 0. The Labute approximate surface area is 172 Å². The molecule has 2 aliphatic heterocycles. The highest BCUT2D eigenvalue weighted by Crippen LogP contribution is 2.27. The van der Waals surface area contributed by atoms with E-state index in [2.05, 4.69) is 5.10 Å². The number of aliphatic imine (C=N–C) groups is 1. The molecule has 0 aromatic heterocycles. The third kappa shape index (κ3) is 3.91. The average molecular weight is 407 g/mol. The predicted octanol–water partition coefficient (Wildman–Crippen LogP) is 4.35. The number of hydrogen-bond acceptors (Lipinski definition) is 4. The standard InChI is InChI=1S/C23H19F2N3O2/c1-14-3-4-16(19-10-7-17(24)12-20(19)25)11-22-26-21(13-23(29)28(22)27-14)15-5-8-18(30-2)9-6-15/h3-12,22H,13H2,1-2H3. The van der Waals surface area contributed by atoms with Crippen molar-refractivity contribution in [2.75, 3.05) is 7.11 Å². The Morgan fingerprint density at radius 2 is 1.87 bits per heavy atom. The van der Waals surface area contributed by atoms with E-state index < -0.39 is 17.8 Å². The number of amides is 1. The highest BCUT2D eigenvalue weighted by molar-refractivity contribution is 6.12. The molecule has 2 aromatic rings. The third-order valence-electron chi connectivity index (χ3n) is 4.88. The Morgan fingerprint density at radius 3 is 2.57 bits per heavy atom. The summed E-state index contributed by atoms with van der Waals surface area (Å²) in [5.41, 5.74) is 2.69. The monoisotopic (exact) mass is 407 g/mol. The van der Waals surface area contributed by atoms with E-state index in [0.717, 1.165) is 11.6 Å². The number of carbonyl (C=O) groups excluding carboxylic acids is 1. The largest absolute Gasteiger partial charge is 0.497 e. The summed E-state index contributed by atoms with van der Waals surface area (Å²) in [5.74, 6) is -0.855. The number of methoxy groups -OCH3 is 1. The zero-order valence-electron chi connectivity index (χ0n) is 16.5. The van der Waals surface area contributed by atoms with Gasteiger partial charge in [0.1, 0.15) is 17.4 Å². The summed E-state index contributed by atoms with van der Waals surface area (Å²) in [5, 5.41) is 5.65. The van der Waals surface area contributed by atoms with Crippen LogP contribution in [0.2, 0.25) is 0 Å². The first-order valence-electron chi connectivity index (χ1n) is 9.38. The summed E-state index contributed by atoms with van der Waals surface area (Å²) in [7, 11) is 1.58. The van der Waals surface area contributed by atoms with Crippen LogP contribution in [0.4, 0.5) is 8.78 Å². The van der Waals surface area contributed by atoms with Crippen LogP contribution in [0.15, 0.2) is 70.8 Å². The highest BCUT2D eigenvalue weighted by atomic mass is 19.1. The van der Waals surface area contributed by atoms with E-state index in [1.165, 1.54) is 17.1 Å². The normalized spacial score (nSPS) is 18.7. The predicted molar refractivity (Wildman–Crippen MR) is 111 cm³/mol. The van der Waals surface area contributed by atoms with Gasteiger partial charge < -0.3 is 4.74 Å². The van der Waals surface area contributed by atoms with Gasteiger partial charge in [-0.25, -0.2) is 13.8 Å². The second-order valence-electron chi connectivity index (χ2n) is 6.95. The zero-order chi connectivity index (χ0) is 21.3. The topological polar surface area (TPSA) is 54.3 Å². The van der Waals surface area contributed by atoms with E-state index in [0.29, 0.717) is 22.7 Å². The highest BCUT2D eigenvalue weighted by Gasteiger charge is 2.30. The number of benzene rings is 2. The van der Waals surface area contributed by atoms with Crippen molar-refractivity contribution in [2.24, 2.45) is 10.1 Å². The van der Waals surface area contributed by atoms with Crippen LogP contribution in [0.3, 0.4) is 0 Å². The van der Waals surface area contributed by atoms with Crippen molar-refractivity contribution in [3.8, 4) is 5.75 Å². The maximum absolute atomic E-state index is 14.4. The van der Waals surface area contributed by atoms with Gasteiger partial charge in [-0.3, -0.25) is 9.79 Å². The van der Waals surface area contributed by atoms with Crippen molar-refractivity contribution < 1.29 is 18.3 Å². The number of ether oxygens (including phenoxy) is 1. The first-order valence-corrected chi connectivity index (χ1v) is 9.38. The smallest absolute Gasteiger partial charge is 0.251 e. The third-order valence-corrected chi connectivity index (χ3v) is 4.88. The van der Waals surface area contributed by atoms with E-state index in [-0.39, 0.29) is 17.9 Å². The molecule has 4 rings (SSSR count). The molecule has 5 nitrogen and oxygen atoms in total. The minimum Gasteiger partial charge on any atom is -0.497 e. The summed E-state index contributed by atoms with van der Waals surface area (Å²) in [6.45, 7) is 1.74. The molecular formula is C23H19F2N3O2. The fraction of sp³-hybridized carbons (Fsp3) is 0.174. The molecule has 7 heteroatoms. The van der Waals surface area contributed by atoms with Crippen LogP contribution in [0.1, 0.15) is 24.5 Å². The van der Waals surface area contributed by atoms with Crippen LogP contribution in [0.5, 0.6) is 5.75 Å². The summed E-state index contributed by atoms with van der Waals surface area (Å²) in [6.07, 6.45) is 4.37. The molecule has 0 N–H and O–H groups in total. The van der Waals surface area contributed by atoms with Gasteiger partial charge in [-0.2, -0.15) is 5.10 Å². The Bertz CT molecular complexity index is 1120. The number of nitrogens with zero attached hydrogens (tertiary/aromatic N) is 3. The van der Waals surface area contributed by atoms with Crippen LogP contribution in [-0.2, 0) is 4.79 Å². The number of allylic oxidation sites excluding steroid dienone is 3. The van der Waals surface area contributed by atoms with Gasteiger partial charge >= 0.3 is 0 Å². The molecule has 0 saturated heterocycles. The van der Waals surface area contributed by atoms with Gasteiger partial charge in [0.05, 0.1) is 25.0 Å². The molecule has 30 heavy (non-hydrogen) atoms. The molecule has 1 unspecified atom stereocenters. The van der Waals surface area contributed by atoms with E-state index in [9.17, 15) is 13.6 Å². The van der Waals surface area contributed by atoms with Crippen molar-refractivity contribution in [2.45, 2.75) is 19.5 Å². The van der Waals surface area contributed by atoms with Gasteiger partial charge in [0, 0.05) is 11.6 Å². The molecule has 0 saturated carbocycles. The molecule has 0 bridgehead atoms. The number of hydrazone groups is 1. The average Bonchev–Trinajstić information content (AvgIpc) is 2.72. The maximum Gasteiger partial charge on any atom is 0.251 e. The summed E-state index contributed by atoms with van der Waals surface area (Å²) in [6, 6.07) is 10.7. The van der Waals surface area contributed by atoms with Crippen LogP contribution >= 0.6 is 0 Å². The van der Waals surface area contributed by atoms with Crippen LogP contribution < -0.4 is 4.74 Å². The van der Waals surface area contributed by atoms with Gasteiger partial charge in [-0.1, -0.05) is 6.08 Å². The Kier molecular flexibility index (Phi) is 5.27. The summed E-state index contributed by atoms with van der Waals surface area (Å²) >= 11 is 0. The molecule has 152 valence electrons. The first-order chi connectivity index (χ1) is 14.4. The molecule has 0 spiro atoms. The number of carbonyl (C=O) groups is 1. The Hall–Kier alpha value is -3.61. The van der Waals surface area contributed by atoms with Crippen LogP contribution in [-0.4, -0.2) is 35.6 Å². The van der Waals surface area contributed by atoms with E-state index in [1.807, 2.05) is 12.1 Å². The quantitative estimate of drug-likeness (QED) is 0.760. The molecule has 0 aliphatic carbocycles. The van der Waals surface area contributed by atoms with Gasteiger partial charge in [0.15, 0.2) is 6.17 Å². The minimum atomic E-state index is -0.747. The SMILES string of the molecule is COc1ccc(C2=NC3C=C(c4ccc(F)cc4F)C=CC(C)=NN3C(=O)C2)cc1. The second kappa shape index (κ2) is 8.02. The van der Waals surface area contributed by atoms with Crippen molar-refractivity contribution >= 4 is 22.9 Å². The van der Waals surface area contributed by atoms with E-state index >= 15 is 0 Å². The maximum atomic E-state index is 14.4. The lowest BCUT2D eigenvalue weighted by Gasteiger charge is -2.29. The summed E-state index contributed by atoms with van der Waals surface area (Å²) in [4.78, 5) is 17.5. The Morgan fingerprint density at radius 1 is 1.10 bits per heavy atom. The zero-order valence-corrected chi connectivity index (χ0v) is 16.5. The molecule has 0 fully saturated rings. The Balaban J connectivity index is 1.80. The van der Waals surface area contributed by atoms with Gasteiger partial charge in [0.2, 0.25) is 0 Å². The minimum absolute atomic E-state index is 0.0946. The molecule has 2 aromatic carbocycles. The van der Waals surface area contributed by atoms with Gasteiger partial charge in [-0.15, -0.1) is 0 Å². The first kappa shape index (κ1) is 19.7. The molecule has 2 heterocycles.